The van der Waals surface area contributed by atoms with Gasteiger partial charge in [-0.15, -0.1) is 0 Å². The maximum absolute atomic E-state index is 10.2. The second kappa shape index (κ2) is 8.58. The monoisotopic (exact) mass is 388 g/mol. The van der Waals surface area contributed by atoms with Crippen LogP contribution in [0.15, 0.2) is 0 Å². The summed E-state index contributed by atoms with van der Waals surface area (Å²) in [6.07, 6.45) is 21.3. The van der Waals surface area contributed by atoms with E-state index in [9.17, 15) is 10.2 Å². The Balaban J connectivity index is 1.47. The molecule has 28 heavy (non-hydrogen) atoms. The molecule has 5 aliphatic carbocycles. The van der Waals surface area contributed by atoms with Crippen LogP contribution in [0.4, 0.5) is 0 Å². The van der Waals surface area contributed by atoms with Gasteiger partial charge in [-0.2, -0.15) is 0 Å². The maximum atomic E-state index is 10.2. The molecule has 0 bridgehead atoms. The van der Waals surface area contributed by atoms with Crippen molar-refractivity contribution in [1.82, 2.24) is 0 Å². The molecule has 0 aromatic rings. The third kappa shape index (κ3) is 3.70. The van der Waals surface area contributed by atoms with E-state index in [4.69, 9.17) is 0 Å². The highest BCUT2D eigenvalue weighted by molar-refractivity contribution is 5.03. The minimum atomic E-state index is -0.0206. The minimum absolute atomic E-state index is 0.0206. The van der Waals surface area contributed by atoms with Crippen molar-refractivity contribution in [2.45, 2.75) is 115 Å². The second-order valence-corrected chi connectivity index (χ2v) is 11.5. The van der Waals surface area contributed by atoms with Gasteiger partial charge in [-0.1, -0.05) is 25.7 Å². The molecule has 5 rings (SSSR count). The van der Waals surface area contributed by atoms with Gasteiger partial charge in [0.25, 0.3) is 0 Å². The van der Waals surface area contributed by atoms with E-state index < -0.39 is 0 Å². The maximum Gasteiger partial charge on any atom is 0.0540 e. The van der Waals surface area contributed by atoms with Gasteiger partial charge >= 0.3 is 0 Å². The number of aliphatic hydroxyl groups is 2. The van der Waals surface area contributed by atoms with Crippen LogP contribution >= 0.6 is 0 Å². The van der Waals surface area contributed by atoms with Gasteiger partial charge in [0.05, 0.1) is 12.2 Å². The first kappa shape index (κ1) is 19.9. The lowest BCUT2D eigenvalue weighted by Crippen LogP contribution is -2.54. The van der Waals surface area contributed by atoms with Gasteiger partial charge in [0.1, 0.15) is 0 Å². The summed E-state index contributed by atoms with van der Waals surface area (Å²) < 4.78 is 0. The lowest BCUT2D eigenvalue weighted by atomic mass is 9.45. The van der Waals surface area contributed by atoms with Crippen LogP contribution < -0.4 is 0 Å². The highest BCUT2D eigenvalue weighted by atomic mass is 16.3. The molecule has 160 valence electrons. The molecule has 0 unspecified atom stereocenters. The van der Waals surface area contributed by atoms with Crippen molar-refractivity contribution in [3.63, 3.8) is 0 Å². The van der Waals surface area contributed by atoms with Crippen molar-refractivity contribution < 1.29 is 10.2 Å². The third-order valence-electron chi connectivity index (χ3n) is 10.3. The van der Waals surface area contributed by atoms with Crippen molar-refractivity contribution in [1.29, 1.82) is 0 Å². The molecule has 0 aromatic carbocycles. The summed E-state index contributed by atoms with van der Waals surface area (Å²) >= 11 is 0. The molecule has 2 heteroatoms. The van der Waals surface area contributed by atoms with E-state index in [2.05, 4.69) is 0 Å². The molecule has 6 atom stereocenters. The summed E-state index contributed by atoms with van der Waals surface area (Å²) in [5.74, 6) is 7.69. The van der Waals surface area contributed by atoms with E-state index in [1.807, 2.05) is 0 Å². The average Bonchev–Trinajstić information content (AvgIpc) is 2.74. The van der Waals surface area contributed by atoms with Crippen molar-refractivity contribution >= 4 is 0 Å². The predicted molar refractivity (Wildman–Crippen MR) is 114 cm³/mol. The molecule has 0 amide bonds. The topological polar surface area (TPSA) is 40.5 Å². The summed E-state index contributed by atoms with van der Waals surface area (Å²) in [5.41, 5.74) is 0. The van der Waals surface area contributed by atoms with Crippen molar-refractivity contribution in [2.75, 3.05) is 0 Å². The molecule has 0 heterocycles. The van der Waals surface area contributed by atoms with E-state index in [0.717, 1.165) is 73.0 Å². The van der Waals surface area contributed by atoms with Crippen molar-refractivity contribution in [3.8, 4) is 0 Å². The van der Waals surface area contributed by atoms with Gasteiger partial charge < -0.3 is 10.2 Å². The first-order valence-corrected chi connectivity index (χ1v) is 13.1. The number of hydrogen-bond acceptors (Lipinski definition) is 2. The number of hydrogen-bond donors (Lipinski definition) is 2. The molecule has 2 nitrogen and oxygen atoms in total. The van der Waals surface area contributed by atoms with E-state index in [-0.39, 0.29) is 12.2 Å². The Hall–Kier alpha value is -0.0800. The largest absolute Gasteiger partial charge is 0.393 e. The van der Waals surface area contributed by atoms with Crippen LogP contribution in [0.25, 0.3) is 0 Å². The Bertz CT molecular complexity index is 457. The van der Waals surface area contributed by atoms with Crippen LogP contribution in [0.3, 0.4) is 0 Å². The van der Waals surface area contributed by atoms with Crippen LogP contribution in [0.1, 0.15) is 103 Å². The van der Waals surface area contributed by atoms with Gasteiger partial charge in [-0.3, -0.25) is 0 Å². The van der Waals surface area contributed by atoms with Crippen molar-refractivity contribution in [3.05, 3.63) is 0 Å². The van der Waals surface area contributed by atoms with Crippen molar-refractivity contribution in [2.24, 2.45) is 47.3 Å². The zero-order valence-electron chi connectivity index (χ0n) is 18.0. The fourth-order valence-corrected chi connectivity index (χ4v) is 9.27. The molecule has 0 spiro atoms. The normalized spacial score (nSPS) is 52.5. The number of aliphatic hydroxyl groups excluding tert-OH is 2. The zero-order chi connectivity index (χ0) is 19.1. The fraction of sp³-hybridized carbons (Fsp3) is 1.00. The summed E-state index contributed by atoms with van der Waals surface area (Å²) in [5, 5.41) is 20.3. The van der Waals surface area contributed by atoms with Gasteiger partial charge in [0, 0.05) is 0 Å². The SMILES string of the molecule is OC1CCC([C@@H]2[C@H]3CCCC[C@H]3[C@@H]3CCCC[C@@H]3[C@@H]2C2CCC(O)CC2)CC1. The third-order valence-corrected chi connectivity index (χ3v) is 10.3. The molecule has 0 saturated heterocycles. The summed E-state index contributed by atoms with van der Waals surface area (Å²) in [7, 11) is 0. The Morgan fingerprint density at radius 2 is 0.679 bits per heavy atom. The number of fused-ring (bicyclic) bond motifs is 3. The molecule has 0 radical (unpaired) electrons. The van der Waals surface area contributed by atoms with Gasteiger partial charge in [0.15, 0.2) is 0 Å². The van der Waals surface area contributed by atoms with Gasteiger partial charge in [-0.05, 0) is 124 Å². The number of rotatable bonds is 2. The molecular weight excluding hydrogens is 344 g/mol. The molecule has 0 aromatic heterocycles. The van der Waals surface area contributed by atoms with Crippen LogP contribution in [-0.2, 0) is 0 Å². The first-order chi connectivity index (χ1) is 13.7. The molecule has 5 aliphatic rings. The van der Waals surface area contributed by atoms with Crippen LogP contribution in [-0.4, -0.2) is 22.4 Å². The Kier molecular flexibility index (Phi) is 6.08. The van der Waals surface area contributed by atoms with Crippen LogP contribution in [0.2, 0.25) is 0 Å². The fourth-order valence-electron chi connectivity index (χ4n) is 9.27. The lowest BCUT2D eigenvalue weighted by Gasteiger charge is -2.60. The Labute approximate surface area is 172 Å². The van der Waals surface area contributed by atoms with E-state index >= 15 is 0 Å². The summed E-state index contributed by atoms with van der Waals surface area (Å²) in [6.45, 7) is 0. The Morgan fingerprint density at radius 1 is 0.357 bits per heavy atom. The molecule has 0 aliphatic heterocycles. The molecule has 2 N–H and O–H groups in total. The highest BCUT2D eigenvalue weighted by Crippen LogP contribution is 2.62. The average molecular weight is 389 g/mol. The zero-order valence-corrected chi connectivity index (χ0v) is 18.0. The summed E-state index contributed by atoms with van der Waals surface area (Å²) in [4.78, 5) is 0. The van der Waals surface area contributed by atoms with E-state index in [1.54, 1.807) is 0 Å². The first-order valence-electron chi connectivity index (χ1n) is 13.1. The van der Waals surface area contributed by atoms with E-state index in [1.165, 1.54) is 77.0 Å². The van der Waals surface area contributed by atoms with Crippen LogP contribution in [0.5, 0.6) is 0 Å². The predicted octanol–water partition coefficient (Wildman–Crippen LogP) is 5.95. The molecular formula is C26H44O2. The van der Waals surface area contributed by atoms with E-state index in [0.29, 0.717) is 0 Å². The quantitative estimate of drug-likeness (QED) is 0.614. The second-order valence-electron chi connectivity index (χ2n) is 11.5. The Morgan fingerprint density at radius 3 is 1.04 bits per heavy atom. The lowest BCUT2D eigenvalue weighted by molar-refractivity contribution is -0.119. The minimum Gasteiger partial charge on any atom is -0.393 e. The molecule has 5 saturated carbocycles. The smallest absolute Gasteiger partial charge is 0.0540 e. The highest BCUT2D eigenvalue weighted by Gasteiger charge is 2.54. The van der Waals surface area contributed by atoms with Gasteiger partial charge in [-0.25, -0.2) is 0 Å². The standard InChI is InChI=1S/C26H44O2/c27-19-13-9-17(10-14-19)25-23-7-3-1-5-21(23)22-6-2-4-8-24(22)26(25)18-11-15-20(28)16-12-18/h17-28H,1-16H2/t17?,18?,19?,20?,21-,22-,23-,24-,25-,26+/m0/s1. The molecule has 5 fully saturated rings. The summed E-state index contributed by atoms with van der Waals surface area (Å²) in [6, 6.07) is 0. The van der Waals surface area contributed by atoms with Gasteiger partial charge in [0.2, 0.25) is 0 Å². The van der Waals surface area contributed by atoms with Crippen LogP contribution in [0, 0.1) is 47.3 Å².